The number of nitrogens with zero attached hydrogens (tertiary/aromatic N) is 1. The van der Waals surface area contributed by atoms with Crippen LogP contribution < -0.4 is 0 Å². The number of aromatic nitrogens is 1. The topological polar surface area (TPSA) is 48.3 Å². The molecule has 1 aromatic heterocycles. The summed E-state index contributed by atoms with van der Waals surface area (Å²) in [5, 5.41) is 0.749. The summed E-state index contributed by atoms with van der Waals surface area (Å²) in [7, 11) is 3.10. The van der Waals surface area contributed by atoms with Crippen molar-refractivity contribution in [2.45, 2.75) is 0 Å². The molecule has 0 amide bonds. The first-order valence-corrected chi connectivity index (χ1v) is 6.90. The van der Waals surface area contributed by atoms with Crippen molar-refractivity contribution in [2.24, 2.45) is 7.05 Å². The number of para-hydroxylation sites is 1. The molecule has 0 aliphatic rings. The van der Waals surface area contributed by atoms with Gasteiger partial charge in [0.1, 0.15) is 0 Å². The molecule has 0 spiro atoms. The Labute approximate surface area is 127 Å². The highest BCUT2D eigenvalue weighted by Crippen LogP contribution is 2.33. The first-order valence-electron chi connectivity index (χ1n) is 6.90. The van der Waals surface area contributed by atoms with E-state index < -0.39 is 11.8 Å². The lowest BCUT2D eigenvalue weighted by Crippen LogP contribution is -2.16. The lowest BCUT2D eigenvalue weighted by Gasteiger charge is -2.07. The van der Waals surface area contributed by atoms with Gasteiger partial charge in [-0.1, -0.05) is 48.5 Å². The van der Waals surface area contributed by atoms with Crippen molar-refractivity contribution in [3.05, 3.63) is 60.2 Å². The zero-order chi connectivity index (χ0) is 15.7. The van der Waals surface area contributed by atoms with E-state index in [4.69, 9.17) is 0 Å². The van der Waals surface area contributed by atoms with Crippen molar-refractivity contribution in [2.75, 3.05) is 7.11 Å². The normalized spacial score (nSPS) is 10.6. The molecule has 3 rings (SSSR count). The predicted molar refractivity (Wildman–Crippen MR) is 84.7 cm³/mol. The molecule has 0 bridgehead atoms. The van der Waals surface area contributed by atoms with Gasteiger partial charge in [-0.2, -0.15) is 0 Å². The number of esters is 1. The quantitative estimate of drug-likeness (QED) is 0.423. The average Bonchev–Trinajstić information content (AvgIpc) is 2.87. The Morgan fingerprint density at radius 2 is 1.59 bits per heavy atom. The van der Waals surface area contributed by atoms with Gasteiger partial charge in [-0.05, 0) is 11.6 Å². The van der Waals surface area contributed by atoms with Gasteiger partial charge in [0, 0.05) is 18.0 Å². The Kier molecular flexibility index (Phi) is 3.51. The monoisotopic (exact) mass is 293 g/mol. The van der Waals surface area contributed by atoms with Crippen LogP contribution in [0.3, 0.4) is 0 Å². The van der Waals surface area contributed by atoms with Crippen LogP contribution in [0.5, 0.6) is 0 Å². The Hall–Kier alpha value is -2.88. The molecule has 0 unspecified atom stereocenters. The molecule has 4 nitrogen and oxygen atoms in total. The van der Waals surface area contributed by atoms with Crippen LogP contribution in [0, 0.1) is 0 Å². The lowest BCUT2D eigenvalue weighted by molar-refractivity contribution is -0.135. The van der Waals surface area contributed by atoms with Crippen molar-refractivity contribution >= 4 is 22.7 Å². The fourth-order valence-electron chi connectivity index (χ4n) is 2.75. The van der Waals surface area contributed by atoms with Crippen molar-refractivity contribution < 1.29 is 14.3 Å². The summed E-state index contributed by atoms with van der Waals surface area (Å²) in [6, 6.07) is 17.1. The molecule has 0 saturated heterocycles. The third kappa shape index (κ3) is 2.09. The van der Waals surface area contributed by atoms with Crippen LogP contribution in [0.4, 0.5) is 0 Å². The van der Waals surface area contributed by atoms with E-state index in [9.17, 15) is 9.59 Å². The van der Waals surface area contributed by atoms with Crippen molar-refractivity contribution in [3.63, 3.8) is 0 Å². The standard InChI is InChI=1S/C18H15NO3/c1-19-14-11-7-6-10-13(14)15(17(20)18(21)22-2)16(19)12-8-4-3-5-9-12/h3-11H,1-2H3. The predicted octanol–water partition coefficient (Wildman–Crippen LogP) is 3.20. The zero-order valence-corrected chi connectivity index (χ0v) is 12.4. The minimum atomic E-state index is -0.853. The Bertz CT molecular complexity index is 863. The first kappa shape index (κ1) is 14.1. The van der Waals surface area contributed by atoms with E-state index in [0.29, 0.717) is 5.56 Å². The van der Waals surface area contributed by atoms with E-state index in [-0.39, 0.29) is 0 Å². The summed E-state index contributed by atoms with van der Waals surface area (Å²) in [4.78, 5) is 24.3. The highest BCUT2D eigenvalue weighted by molar-refractivity contribution is 6.44. The van der Waals surface area contributed by atoms with Gasteiger partial charge in [0.25, 0.3) is 5.78 Å². The number of rotatable bonds is 3. The molecule has 110 valence electrons. The van der Waals surface area contributed by atoms with Gasteiger partial charge in [-0.3, -0.25) is 4.79 Å². The number of methoxy groups -OCH3 is 1. The van der Waals surface area contributed by atoms with Crippen LogP contribution in [0.25, 0.3) is 22.2 Å². The third-order valence-electron chi connectivity index (χ3n) is 3.75. The fourth-order valence-corrected chi connectivity index (χ4v) is 2.75. The van der Waals surface area contributed by atoms with Crippen LogP contribution >= 0.6 is 0 Å². The number of aryl methyl sites for hydroxylation is 1. The van der Waals surface area contributed by atoms with E-state index >= 15 is 0 Å². The average molecular weight is 293 g/mol. The lowest BCUT2D eigenvalue weighted by atomic mass is 10.0. The number of fused-ring (bicyclic) bond motifs is 1. The first-order chi connectivity index (χ1) is 10.6. The second-order valence-corrected chi connectivity index (χ2v) is 4.99. The highest BCUT2D eigenvalue weighted by atomic mass is 16.5. The van der Waals surface area contributed by atoms with Gasteiger partial charge in [-0.25, -0.2) is 4.79 Å². The van der Waals surface area contributed by atoms with Gasteiger partial charge >= 0.3 is 5.97 Å². The number of hydrogen-bond acceptors (Lipinski definition) is 3. The van der Waals surface area contributed by atoms with Crippen LogP contribution in [0.15, 0.2) is 54.6 Å². The SMILES string of the molecule is COC(=O)C(=O)c1c(-c2ccccc2)n(C)c2ccccc12. The van der Waals surface area contributed by atoms with Gasteiger partial charge in [0.05, 0.1) is 18.4 Å². The van der Waals surface area contributed by atoms with Crippen LogP contribution in [-0.2, 0) is 16.6 Å². The summed E-state index contributed by atoms with van der Waals surface area (Å²) < 4.78 is 6.55. The second kappa shape index (κ2) is 5.48. The molecule has 0 atom stereocenters. The summed E-state index contributed by atoms with van der Waals surface area (Å²) in [5.41, 5.74) is 2.88. The van der Waals surface area contributed by atoms with Gasteiger partial charge in [0.15, 0.2) is 0 Å². The highest BCUT2D eigenvalue weighted by Gasteiger charge is 2.27. The van der Waals surface area contributed by atoms with Crippen LogP contribution in [0.1, 0.15) is 10.4 Å². The summed E-state index contributed by atoms with van der Waals surface area (Å²) in [6.07, 6.45) is 0. The maximum Gasteiger partial charge on any atom is 0.379 e. The van der Waals surface area contributed by atoms with Gasteiger partial charge in [0.2, 0.25) is 0 Å². The molecular formula is C18H15NO3. The van der Waals surface area contributed by atoms with Gasteiger partial charge < -0.3 is 9.30 Å². The molecule has 0 saturated carbocycles. The van der Waals surface area contributed by atoms with E-state index in [1.807, 2.05) is 66.2 Å². The number of ketones is 1. The smallest absolute Gasteiger partial charge is 0.379 e. The number of hydrogen-bond donors (Lipinski definition) is 0. The maximum atomic E-state index is 12.5. The third-order valence-corrected chi connectivity index (χ3v) is 3.75. The number of Topliss-reactive ketones (excluding diaryl/α,β-unsaturated/α-hetero) is 1. The molecule has 0 N–H and O–H groups in total. The molecule has 0 fully saturated rings. The minimum absolute atomic E-state index is 0.385. The molecule has 0 aliphatic heterocycles. The second-order valence-electron chi connectivity index (χ2n) is 4.99. The number of carbonyl (C=O) groups is 2. The van der Waals surface area contributed by atoms with Crippen molar-refractivity contribution in [1.82, 2.24) is 4.57 Å². The molecule has 22 heavy (non-hydrogen) atoms. The number of ether oxygens (including phenoxy) is 1. The molecule has 4 heteroatoms. The summed E-state index contributed by atoms with van der Waals surface area (Å²) >= 11 is 0. The van der Waals surface area contributed by atoms with Gasteiger partial charge in [-0.15, -0.1) is 0 Å². The molecule has 3 aromatic rings. The Morgan fingerprint density at radius 1 is 0.955 bits per heavy atom. The number of benzene rings is 2. The van der Waals surface area contributed by atoms with E-state index in [1.165, 1.54) is 7.11 Å². The summed E-state index contributed by atoms with van der Waals surface area (Å²) in [6.45, 7) is 0. The molecule has 1 heterocycles. The Balaban J connectivity index is 2.38. The number of carbonyl (C=O) groups excluding carboxylic acids is 2. The van der Waals surface area contributed by atoms with E-state index in [0.717, 1.165) is 22.2 Å². The molecule has 2 aromatic carbocycles. The summed E-state index contributed by atoms with van der Waals surface area (Å²) in [5.74, 6) is -1.48. The van der Waals surface area contributed by atoms with Crippen LogP contribution in [-0.4, -0.2) is 23.4 Å². The van der Waals surface area contributed by atoms with E-state index in [1.54, 1.807) is 0 Å². The van der Waals surface area contributed by atoms with E-state index in [2.05, 4.69) is 4.74 Å². The fraction of sp³-hybridized carbons (Fsp3) is 0.111. The largest absolute Gasteiger partial charge is 0.463 e. The molecular weight excluding hydrogens is 278 g/mol. The molecule has 0 aliphatic carbocycles. The van der Waals surface area contributed by atoms with Crippen molar-refractivity contribution in [3.8, 4) is 11.3 Å². The minimum Gasteiger partial charge on any atom is -0.463 e. The zero-order valence-electron chi connectivity index (χ0n) is 12.4. The Morgan fingerprint density at radius 3 is 2.27 bits per heavy atom. The van der Waals surface area contributed by atoms with Crippen LogP contribution in [0.2, 0.25) is 0 Å². The molecule has 0 radical (unpaired) electrons. The maximum absolute atomic E-state index is 12.5. The van der Waals surface area contributed by atoms with Crippen molar-refractivity contribution in [1.29, 1.82) is 0 Å².